The summed E-state index contributed by atoms with van der Waals surface area (Å²) in [5, 5.41) is 8.94. The third-order valence-corrected chi connectivity index (χ3v) is 1.50. The van der Waals surface area contributed by atoms with Crippen LogP contribution in [0.1, 0.15) is 12.1 Å². The number of rotatable bonds is 3. The van der Waals surface area contributed by atoms with Gasteiger partial charge >= 0.3 is 7.82 Å². The third kappa shape index (κ3) is 2.77. The maximum Gasteiger partial charge on any atom is 0.472 e. The van der Waals surface area contributed by atoms with Gasteiger partial charge in [0.05, 0.1) is 6.26 Å². The van der Waals surface area contributed by atoms with Gasteiger partial charge in [-0.3, -0.25) is 0 Å². The molecule has 0 bridgehead atoms. The van der Waals surface area contributed by atoms with E-state index in [0.29, 0.717) is 0 Å². The molecule has 12 heavy (non-hydrogen) atoms. The molecule has 1 aromatic heterocycles. The number of aliphatic hydroxyl groups is 1. The van der Waals surface area contributed by atoms with Crippen molar-refractivity contribution in [1.82, 2.24) is 0 Å². The van der Waals surface area contributed by atoms with Gasteiger partial charge in [0.25, 0.3) is 0 Å². The fraction of sp³-hybridized carbons (Fsp3) is 0.200. The highest BCUT2D eigenvalue weighted by atomic mass is 31.2. The van der Waals surface area contributed by atoms with Gasteiger partial charge in [0, 0.05) is 0 Å². The Kier molecular flexibility index (Phi) is 2.66. The Morgan fingerprint density at radius 2 is 2.25 bits per heavy atom. The van der Waals surface area contributed by atoms with Crippen LogP contribution >= 0.6 is 7.82 Å². The molecule has 0 amide bonds. The lowest BCUT2D eigenvalue weighted by Gasteiger charge is -2.08. The summed E-state index contributed by atoms with van der Waals surface area (Å²) in [6.07, 6.45) is -0.484. The lowest BCUT2D eigenvalue weighted by atomic mass is 10.4. The lowest BCUT2D eigenvalue weighted by molar-refractivity contribution is -0.0532. The Morgan fingerprint density at radius 1 is 1.58 bits per heavy atom. The minimum Gasteiger partial charge on any atom is -0.464 e. The predicted molar refractivity (Wildman–Crippen MR) is 36.8 cm³/mol. The van der Waals surface area contributed by atoms with Crippen molar-refractivity contribution in [1.29, 1.82) is 0 Å². The van der Waals surface area contributed by atoms with Crippen molar-refractivity contribution >= 4 is 7.82 Å². The predicted octanol–water partition coefficient (Wildman–Crippen LogP) is 0.380. The molecule has 0 aliphatic carbocycles. The topological polar surface area (TPSA) is 100 Å². The van der Waals surface area contributed by atoms with E-state index in [1.165, 1.54) is 18.4 Å². The molecule has 0 unspecified atom stereocenters. The van der Waals surface area contributed by atoms with Gasteiger partial charge in [-0.25, -0.2) is 9.09 Å². The first-order valence-electron chi connectivity index (χ1n) is 2.94. The normalized spacial score (nSPS) is 14.6. The van der Waals surface area contributed by atoms with Crippen molar-refractivity contribution in [2.45, 2.75) is 6.29 Å². The van der Waals surface area contributed by atoms with E-state index in [1.807, 2.05) is 0 Å². The lowest BCUT2D eigenvalue weighted by Crippen LogP contribution is -1.99. The largest absolute Gasteiger partial charge is 0.472 e. The van der Waals surface area contributed by atoms with Gasteiger partial charge in [-0.2, -0.15) is 0 Å². The second-order valence-electron chi connectivity index (χ2n) is 1.96. The first-order valence-corrected chi connectivity index (χ1v) is 4.47. The molecule has 1 rings (SSSR count). The average Bonchev–Trinajstić information content (AvgIpc) is 2.32. The van der Waals surface area contributed by atoms with Crippen molar-refractivity contribution < 1.29 is 28.4 Å². The summed E-state index contributed by atoms with van der Waals surface area (Å²) >= 11 is 0. The van der Waals surface area contributed by atoms with Gasteiger partial charge in [0.1, 0.15) is 0 Å². The number of furan rings is 1. The van der Waals surface area contributed by atoms with Crippen LogP contribution in [0.25, 0.3) is 0 Å². The Balaban J connectivity index is 2.62. The molecule has 3 N–H and O–H groups in total. The quantitative estimate of drug-likeness (QED) is 0.475. The van der Waals surface area contributed by atoms with Gasteiger partial charge < -0.3 is 19.3 Å². The Morgan fingerprint density at radius 3 is 2.67 bits per heavy atom. The smallest absolute Gasteiger partial charge is 0.464 e. The number of hydrogen-bond donors (Lipinski definition) is 3. The summed E-state index contributed by atoms with van der Waals surface area (Å²) in [6, 6.07) is 2.79. The van der Waals surface area contributed by atoms with Crippen molar-refractivity contribution in [3.63, 3.8) is 0 Å². The molecule has 7 heteroatoms. The van der Waals surface area contributed by atoms with Crippen LogP contribution in [0.5, 0.6) is 0 Å². The molecule has 0 saturated heterocycles. The first-order chi connectivity index (χ1) is 5.49. The van der Waals surface area contributed by atoms with Crippen LogP contribution in [-0.2, 0) is 9.09 Å². The Hall–Kier alpha value is -0.650. The van der Waals surface area contributed by atoms with Crippen molar-refractivity contribution in [2.24, 2.45) is 0 Å². The molecule has 6 nitrogen and oxygen atoms in total. The highest BCUT2D eigenvalue weighted by Crippen LogP contribution is 2.41. The van der Waals surface area contributed by atoms with Crippen LogP contribution in [0, 0.1) is 0 Å². The molecule has 1 aromatic rings. The Labute approximate surface area is 67.6 Å². The molecule has 0 aliphatic rings. The van der Waals surface area contributed by atoms with Crippen molar-refractivity contribution in [2.75, 3.05) is 0 Å². The number of hydrogen-bond acceptors (Lipinski definition) is 4. The number of phosphoric acid groups is 1. The zero-order valence-corrected chi connectivity index (χ0v) is 6.72. The molecule has 1 heterocycles. The van der Waals surface area contributed by atoms with E-state index < -0.39 is 14.1 Å². The maximum atomic E-state index is 10.2. The summed E-state index contributed by atoms with van der Waals surface area (Å²) < 4.78 is 18.7. The highest BCUT2D eigenvalue weighted by molar-refractivity contribution is 7.46. The summed E-state index contributed by atoms with van der Waals surface area (Å²) in [7, 11) is -4.67. The molecular weight excluding hydrogens is 187 g/mol. The van der Waals surface area contributed by atoms with E-state index in [0.717, 1.165) is 0 Å². The standard InChI is InChI=1S/C5H7O6P/c6-5(11-12(7,8)9)4-2-1-3-10-4/h1-3,5-6H,(H2,7,8,9)/t5-/m1/s1. The monoisotopic (exact) mass is 194 g/mol. The van der Waals surface area contributed by atoms with Crippen LogP contribution in [0.15, 0.2) is 22.8 Å². The van der Waals surface area contributed by atoms with Crippen LogP contribution in [-0.4, -0.2) is 14.9 Å². The molecular formula is C5H7O6P. The van der Waals surface area contributed by atoms with E-state index >= 15 is 0 Å². The molecule has 0 fully saturated rings. The van der Waals surface area contributed by atoms with Crippen molar-refractivity contribution in [3.8, 4) is 0 Å². The van der Waals surface area contributed by atoms with Gasteiger partial charge in [0.2, 0.25) is 6.29 Å². The maximum absolute atomic E-state index is 10.2. The SMILES string of the molecule is O=P(O)(O)O[C@@H](O)c1ccco1. The third-order valence-electron chi connectivity index (χ3n) is 1.02. The van der Waals surface area contributed by atoms with E-state index in [9.17, 15) is 4.57 Å². The van der Waals surface area contributed by atoms with Crippen molar-refractivity contribution in [3.05, 3.63) is 24.2 Å². The second-order valence-corrected chi connectivity index (χ2v) is 3.16. The molecule has 0 aliphatic heterocycles. The van der Waals surface area contributed by atoms with Crippen LogP contribution in [0.2, 0.25) is 0 Å². The van der Waals surface area contributed by atoms with Crippen LogP contribution in [0.3, 0.4) is 0 Å². The van der Waals surface area contributed by atoms with Gasteiger partial charge in [0.15, 0.2) is 5.76 Å². The fourth-order valence-electron chi connectivity index (χ4n) is 0.614. The molecule has 68 valence electrons. The molecule has 0 spiro atoms. The van der Waals surface area contributed by atoms with E-state index in [-0.39, 0.29) is 5.76 Å². The van der Waals surface area contributed by atoms with Crippen LogP contribution in [0.4, 0.5) is 0 Å². The van der Waals surface area contributed by atoms with Gasteiger partial charge in [-0.05, 0) is 12.1 Å². The van der Waals surface area contributed by atoms with Gasteiger partial charge in [-0.15, -0.1) is 0 Å². The zero-order chi connectivity index (χ0) is 9.19. The summed E-state index contributed by atoms with van der Waals surface area (Å²) in [6.45, 7) is 0. The van der Waals surface area contributed by atoms with Gasteiger partial charge in [-0.1, -0.05) is 0 Å². The highest BCUT2D eigenvalue weighted by Gasteiger charge is 2.23. The Bertz CT molecular complexity index is 274. The molecule has 0 saturated carbocycles. The minimum absolute atomic E-state index is 0.0571. The van der Waals surface area contributed by atoms with Crippen LogP contribution < -0.4 is 0 Å². The number of aliphatic hydroxyl groups excluding tert-OH is 1. The summed E-state index contributed by atoms with van der Waals surface area (Å²) in [4.78, 5) is 16.5. The van der Waals surface area contributed by atoms with E-state index in [2.05, 4.69) is 8.94 Å². The first kappa shape index (κ1) is 9.44. The zero-order valence-electron chi connectivity index (χ0n) is 5.82. The summed E-state index contributed by atoms with van der Waals surface area (Å²) in [5.74, 6) is -0.0571. The fourth-order valence-corrected chi connectivity index (χ4v) is 0.978. The van der Waals surface area contributed by atoms with E-state index in [4.69, 9.17) is 14.9 Å². The minimum atomic E-state index is -4.67. The van der Waals surface area contributed by atoms with E-state index in [1.54, 1.807) is 0 Å². The molecule has 1 atom stereocenters. The molecule has 0 aromatic carbocycles. The summed E-state index contributed by atoms with van der Waals surface area (Å²) in [5.41, 5.74) is 0. The molecule has 0 radical (unpaired) electrons. The number of phosphoric ester groups is 1. The average molecular weight is 194 g/mol. The second kappa shape index (κ2) is 3.38.